The third-order valence-corrected chi connectivity index (χ3v) is 1.34. The Kier molecular flexibility index (Phi) is 0.803. The lowest BCUT2D eigenvalue weighted by atomic mass is 10.2. The van der Waals surface area contributed by atoms with E-state index in [9.17, 15) is 0 Å². The van der Waals surface area contributed by atoms with Crippen molar-refractivity contribution in [2.75, 3.05) is 0 Å². The second-order valence-corrected chi connectivity index (χ2v) is 1.95. The number of H-pyrrole nitrogens is 1. The Morgan fingerprint density at radius 2 is 2.33 bits per heavy atom. The summed E-state index contributed by atoms with van der Waals surface area (Å²) in [5.41, 5.74) is 2.26. The molecule has 0 aromatic heterocycles. The molecule has 0 fully saturated rings. The van der Waals surface area contributed by atoms with Crippen molar-refractivity contribution < 1.29 is 0 Å². The zero-order valence-corrected chi connectivity index (χ0v) is 4.83. The molecule has 2 nitrogen and oxygen atoms in total. The molecule has 0 saturated heterocycles. The van der Waals surface area contributed by atoms with E-state index in [1.165, 1.54) is 0 Å². The lowest BCUT2D eigenvalue weighted by Gasteiger charge is -1.92. The fourth-order valence-corrected chi connectivity index (χ4v) is 0.879. The van der Waals surface area contributed by atoms with Crippen LogP contribution in [0.25, 0.3) is 11.3 Å². The van der Waals surface area contributed by atoms with Crippen LogP contribution >= 0.6 is 0 Å². The van der Waals surface area contributed by atoms with Crippen LogP contribution in [0, 0.1) is 0 Å². The first kappa shape index (κ1) is 4.56. The van der Waals surface area contributed by atoms with Crippen LogP contribution in [-0.2, 0) is 0 Å². The Labute approximate surface area is 52.9 Å². The molecule has 0 amide bonds. The summed E-state index contributed by atoms with van der Waals surface area (Å²) in [4.78, 5) is 7.04. The lowest BCUT2D eigenvalue weighted by Crippen LogP contribution is -1.74. The van der Waals surface area contributed by atoms with Crippen LogP contribution in [0.4, 0.5) is 0 Å². The summed E-state index contributed by atoms with van der Waals surface area (Å²) in [6.45, 7) is 0. The van der Waals surface area contributed by atoms with Gasteiger partial charge in [-0.05, 0) is 12.1 Å². The van der Waals surface area contributed by atoms with E-state index in [1.54, 1.807) is 0 Å². The number of rotatable bonds is 0. The van der Waals surface area contributed by atoms with Gasteiger partial charge in [0.25, 0.3) is 0 Å². The van der Waals surface area contributed by atoms with Gasteiger partial charge in [0.15, 0.2) is 0 Å². The minimum atomic E-state index is 1.09. The van der Waals surface area contributed by atoms with Crippen molar-refractivity contribution in [2.45, 2.75) is 0 Å². The minimum absolute atomic E-state index is 1.09. The highest BCUT2D eigenvalue weighted by atomic mass is 14.7. The van der Waals surface area contributed by atoms with Crippen molar-refractivity contribution >= 4 is 0 Å². The predicted molar refractivity (Wildman–Crippen MR) is 35.2 cm³/mol. The van der Waals surface area contributed by atoms with E-state index in [1.807, 2.05) is 30.7 Å². The molecule has 2 aliphatic rings. The van der Waals surface area contributed by atoms with Crippen molar-refractivity contribution in [1.82, 2.24) is 9.97 Å². The van der Waals surface area contributed by atoms with Crippen molar-refractivity contribution in [1.29, 1.82) is 0 Å². The van der Waals surface area contributed by atoms with Gasteiger partial charge in [-0.2, -0.15) is 0 Å². The standard InChI is InChI=1S/C7H6N2/c1-2-6-4-8-5-7(6)9-3-1/h1-5,9H. The van der Waals surface area contributed by atoms with Crippen LogP contribution in [0.1, 0.15) is 0 Å². The molecular weight excluding hydrogens is 112 g/mol. The highest BCUT2D eigenvalue weighted by Gasteiger charge is 1.97. The number of nitrogens with zero attached hydrogens (tertiary/aromatic N) is 1. The molecule has 0 aliphatic carbocycles. The lowest BCUT2D eigenvalue weighted by molar-refractivity contribution is 1.33. The second-order valence-electron chi connectivity index (χ2n) is 1.95. The molecular formula is C7H6N2. The maximum absolute atomic E-state index is 3.97. The van der Waals surface area contributed by atoms with E-state index in [-0.39, 0.29) is 0 Å². The zero-order valence-electron chi connectivity index (χ0n) is 4.83. The molecule has 0 radical (unpaired) electrons. The molecule has 0 aromatic rings. The Bertz CT molecular complexity index is 247. The van der Waals surface area contributed by atoms with Crippen LogP contribution < -0.4 is 0 Å². The van der Waals surface area contributed by atoms with Crippen LogP contribution in [0.2, 0.25) is 0 Å². The number of fused-ring (bicyclic) bond motifs is 1. The summed E-state index contributed by atoms with van der Waals surface area (Å²) < 4.78 is 0. The van der Waals surface area contributed by atoms with Crippen LogP contribution in [-0.4, -0.2) is 9.97 Å². The molecule has 0 aromatic carbocycles. The van der Waals surface area contributed by atoms with E-state index in [0.29, 0.717) is 0 Å². The fourth-order valence-electron chi connectivity index (χ4n) is 0.879. The van der Waals surface area contributed by atoms with E-state index >= 15 is 0 Å². The Hall–Kier alpha value is -1.31. The molecule has 9 heavy (non-hydrogen) atoms. The number of pyridine rings is 1. The van der Waals surface area contributed by atoms with Gasteiger partial charge in [-0.15, -0.1) is 0 Å². The average Bonchev–Trinajstić information content (AvgIpc) is 2.33. The van der Waals surface area contributed by atoms with Gasteiger partial charge >= 0.3 is 0 Å². The van der Waals surface area contributed by atoms with Gasteiger partial charge in [-0.1, -0.05) is 0 Å². The fraction of sp³-hybridized carbons (Fsp3) is 0. The molecule has 1 N–H and O–H groups in total. The normalized spacial score (nSPS) is 10.2. The molecule has 0 unspecified atom stereocenters. The summed E-state index contributed by atoms with van der Waals surface area (Å²) in [5.74, 6) is 0. The van der Waals surface area contributed by atoms with Gasteiger partial charge in [-0.3, -0.25) is 4.98 Å². The van der Waals surface area contributed by atoms with Gasteiger partial charge in [0.2, 0.25) is 0 Å². The van der Waals surface area contributed by atoms with Crippen molar-refractivity contribution in [3.63, 3.8) is 0 Å². The van der Waals surface area contributed by atoms with Crippen LogP contribution in [0.5, 0.6) is 0 Å². The van der Waals surface area contributed by atoms with Crippen molar-refractivity contribution in [3.8, 4) is 11.3 Å². The number of aromatic nitrogens is 2. The maximum atomic E-state index is 3.97. The summed E-state index contributed by atoms with van der Waals surface area (Å²) >= 11 is 0. The Balaban J connectivity index is 2.79. The first-order valence-electron chi connectivity index (χ1n) is 2.84. The molecule has 0 saturated carbocycles. The number of hydrogen-bond donors (Lipinski definition) is 1. The molecule has 0 spiro atoms. The van der Waals surface area contributed by atoms with Crippen molar-refractivity contribution in [2.24, 2.45) is 0 Å². The monoisotopic (exact) mass is 118 g/mol. The highest BCUT2D eigenvalue weighted by Crippen LogP contribution is 2.15. The molecule has 2 aliphatic heterocycles. The molecule has 0 bridgehead atoms. The first-order chi connectivity index (χ1) is 4.47. The molecule has 0 atom stereocenters. The van der Waals surface area contributed by atoms with E-state index in [0.717, 1.165) is 11.3 Å². The van der Waals surface area contributed by atoms with E-state index in [2.05, 4.69) is 9.97 Å². The van der Waals surface area contributed by atoms with Gasteiger partial charge < -0.3 is 4.98 Å². The number of aromatic amines is 1. The smallest absolute Gasteiger partial charge is 0.0654 e. The second kappa shape index (κ2) is 1.58. The maximum Gasteiger partial charge on any atom is 0.0654 e. The van der Waals surface area contributed by atoms with Crippen LogP contribution in [0.15, 0.2) is 30.7 Å². The van der Waals surface area contributed by atoms with E-state index in [4.69, 9.17) is 0 Å². The summed E-state index contributed by atoms with van der Waals surface area (Å²) in [6, 6.07) is 3.99. The third-order valence-electron chi connectivity index (χ3n) is 1.34. The molecule has 2 rings (SSSR count). The zero-order chi connectivity index (χ0) is 6.10. The van der Waals surface area contributed by atoms with Gasteiger partial charge in [-0.25, -0.2) is 0 Å². The average molecular weight is 118 g/mol. The molecule has 2 heterocycles. The topological polar surface area (TPSA) is 28.7 Å². The highest BCUT2D eigenvalue weighted by molar-refractivity contribution is 5.58. The summed E-state index contributed by atoms with van der Waals surface area (Å²) in [5, 5.41) is 0. The minimum Gasteiger partial charge on any atom is -0.360 e. The molecule has 44 valence electrons. The predicted octanol–water partition coefficient (Wildman–Crippen LogP) is 1.51. The first-order valence-corrected chi connectivity index (χ1v) is 2.84. The Morgan fingerprint density at radius 1 is 1.33 bits per heavy atom. The quantitative estimate of drug-likeness (QED) is 0.558. The largest absolute Gasteiger partial charge is 0.360 e. The summed E-state index contributed by atoms with van der Waals surface area (Å²) in [6.07, 6.45) is 5.55. The third kappa shape index (κ3) is 0.598. The number of hydrogen-bond acceptors (Lipinski definition) is 1. The van der Waals surface area contributed by atoms with E-state index < -0.39 is 0 Å². The van der Waals surface area contributed by atoms with Gasteiger partial charge in [0, 0.05) is 18.0 Å². The summed E-state index contributed by atoms with van der Waals surface area (Å²) in [7, 11) is 0. The van der Waals surface area contributed by atoms with Gasteiger partial charge in [0.05, 0.1) is 11.9 Å². The molecule has 2 heteroatoms. The Morgan fingerprint density at radius 3 is 3.22 bits per heavy atom. The van der Waals surface area contributed by atoms with Gasteiger partial charge in [0.1, 0.15) is 0 Å². The van der Waals surface area contributed by atoms with Crippen molar-refractivity contribution in [3.05, 3.63) is 30.7 Å². The van der Waals surface area contributed by atoms with Crippen LogP contribution in [0.3, 0.4) is 0 Å². The number of nitrogens with one attached hydrogen (secondary N) is 1. The SMILES string of the molecule is c1c[nH]c2cncc-2c1.